The standard InChI is InChI=1S/C16H15N5O3S2/c1-25-14-10-12(21(20-14)16-17-8-5-9-18-16)15(22)19-11-6-3-4-7-13(11)26(2,23)24/h3-10H,1-2H3,(H,19,22). The molecule has 0 saturated carbocycles. The second-order valence-electron chi connectivity index (χ2n) is 5.25. The van der Waals surface area contributed by atoms with Gasteiger partial charge >= 0.3 is 0 Å². The van der Waals surface area contributed by atoms with Gasteiger partial charge in [0.05, 0.1) is 10.6 Å². The van der Waals surface area contributed by atoms with E-state index in [0.717, 1.165) is 6.26 Å². The molecule has 0 radical (unpaired) electrons. The molecule has 1 amide bonds. The smallest absolute Gasteiger partial charge is 0.274 e. The number of nitrogens with zero attached hydrogens (tertiary/aromatic N) is 4. The SMILES string of the molecule is CSc1cc(C(=O)Nc2ccccc2S(C)(=O)=O)n(-c2ncccn2)n1. The van der Waals surface area contributed by atoms with Crippen molar-refractivity contribution in [3.8, 4) is 5.95 Å². The minimum Gasteiger partial charge on any atom is -0.319 e. The molecule has 2 aromatic heterocycles. The van der Waals surface area contributed by atoms with Crippen LogP contribution < -0.4 is 5.32 Å². The van der Waals surface area contributed by atoms with E-state index in [0.29, 0.717) is 5.03 Å². The van der Waals surface area contributed by atoms with Crippen LogP contribution in [-0.2, 0) is 9.84 Å². The van der Waals surface area contributed by atoms with E-state index in [1.807, 2.05) is 6.26 Å². The summed E-state index contributed by atoms with van der Waals surface area (Å²) in [4.78, 5) is 21.0. The van der Waals surface area contributed by atoms with E-state index in [1.165, 1.54) is 28.6 Å². The lowest BCUT2D eigenvalue weighted by molar-refractivity contribution is 0.101. The Morgan fingerprint density at radius 1 is 1.15 bits per heavy atom. The van der Waals surface area contributed by atoms with Gasteiger partial charge in [0.1, 0.15) is 10.7 Å². The highest BCUT2D eigenvalue weighted by Gasteiger charge is 2.20. The van der Waals surface area contributed by atoms with Crippen LogP contribution in [0.1, 0.15) is 10.5 Å². The fourth-order valence-electron chi connectivity index (χ4n) is 2.25. The van der Waals surface area contributed by atoms with E-state index in [1.54, 1.807) is 36.7 Å². The van der Waals surface area contributed by atoms with Gasteiger partial charge < -0.3 is 5.32 Å². The molecule has 1 N–H and O–H groups in total. The molecule has 0 saturated heterocycles. The second kappa shape index (κ2) is 7.26. The van der Waals surface area contributed by atoms with Gasteiger partial charge in [-0.1, -0.05) is 12.1 Å². The van der Waals surface area contributed by atoms with Crippen molar-refractivity contribution >= 4 is 33.2 Å². The predicted octanol–water partition coefficient (Wildman–Crippen LogP) is 2.04. The first-order valence-corrected chi connectivity index (χ1v) is 10.5. The molecular weight excluding hydrogens is 374 g/mol. The third-order valence-electron chi connectivity index (χ3n) is 3.41. The number of para-hydroxylation sites is 1. The van der Waals surface area contributed by atoms with Crippen LogP contribution in [0.4, 0.5) is 5.69 Å². The summed E-state index contributed by atoms with van der Waals surface area (Å²) in [6, 6.07) is 9.47. The number of aromatic nitrogens is 4. The topological polar surface area (TPSA) is 107 Å². The van der Waals surface area contributed by atoms with Gasteiger partial charge in [-0.2, -0.15) is 9.78 Å². The van der Waals surface area contributed by atoms with Crippen molar-refractivity contribution in [3.63, 3.8) is 0 Å². The van der Waals surface area contributed by atoms with Crippen molar-refractivity contribution in [3.05, 3.63) is 54.5 Å². The van der Waals surface area contributed by atoms with Crippen LogP contribution in [-0.4, -0.2) is 46.6 Å². The zero-order chi connectivity index (χ0) is 18.7. The van der Waals surface area contributed by atoms with Crippen molar-refractivity contribution in [2.45, 2.75) is 9.92 Å². The van der Waals surface area contributed by atoms with Gasteiger partial charge in [0.25, 0.3) is 11.9 Å². The highest BCUT2D eigenvalue weighted by Crippen LogP contribution is 2.23. The lowest BCUT2D eigenvalue weighted by atomic mass is 10.3. The number of hydrogen-bond acceptors (Lipinski definition) is 7. The number of rotatable bonds is 5. The minimum atomic E-state index is -3.49. The Balaban J connectivity index is 2.01. The largest absolute Gasteiger partial charge is 0.319 e. The van der Waals surface area contributed by atoms with Crippen LogP contribution in [0.25, 0.3) is 5.95 Å². The van der Waals surface area contributed by atoms with E-state index in [4.69, 9.17) is 0 Å². The Labute approximate surface area is 154 Å². The number of thioether (sulfide) groups is 1. The summed E-state index contributed by atoms with van der Waals surface area (Å²) in [5.74, 6) is -0.268. The number of sulfone groups is 1. The molecule has 134 valence electrons. The molecule has 10 heteroatoms. The normalized spacial score (nSPS) is 11.3. The highest BCUT2D eigenvalue weighted by molar-refractivity contribution is 7.98. The molecule has 3 aromatic rings. The molecule has 1 aromatic carbocycles. The number of benzene rings is 1. The molecule has 26 heavy (non-hydrogen) atoms. The summed E-state index contributed by atoms with van der Waals surface area (Å²) in [5, 5.41) is 7.56. The number of amides is 1. The fourth-order valence-corrected chi connectivity index (χ4v) is 3.49. The van der Waals surface area contributed by atoms with Crippen LogP contribution in [0.3, 0.4) is 0 Å². The average molecular weight is 389 g/mol. The van der Waals surface area contributed by atoms with Gasteiger partial charge in [0.15, 0.2) is 9.84 Å². The van der Waals surface area contributed by atoms with Crippen LogP contribution >= 0.6 is 11.8 Å². The Hall–Kier alpha value is -2.72. The zero-order valence-electron chi connectivity index (χ0n) is 13.9. The molecule has 2 heterocycles. The molecular formula is C16H15N5O3S2. The molecule has 0 fully saturated rings. The predicted molar refractivity (Wildman–Crippen MR) is 98.4 cm³/mol. The number of nitrogens with one attached hydrogen (secondary N) is 1. The lowest BCUT2D eigenvalue weighted by Gasteiger charge is -2.10. The first-order valence-electron chi connectivity index (χ1n) is 7.42. The van der Waals surface area contributed by atoms with E-state index in [-0.39, 0.29) is 22.2 Å². The number of carbonyl (C=O) groups excluding carboxylic acids is 1. The van der Waals surface area contributed by atoms with Gasteiger partial charge in [-0.25, -0.2) is 18.4 Å². The van der Waals surface area contributed by atoms with E-state index >= 15 is 0 Å². The number of hydrogen-bond donors (Lipinski definition) is 1. The molecule has 0 aliphatic rings. The van der Waals surface area contributed by atoms with Gasteiger partial charge in [0, 0.05) is 24.7 Å². The summed E-state index contributed by atoms with van der Waals surface area (Å²) in [6.45, 7) is 0. The Kier molecular flexibility index (Phi) is 5.05. The molecule has 0 spiro atoms. The van der Waals surface area contributed by atoms with E-state index in [9.17, 15) is 13.2 Å². The Morgan fingerprint density at radius 3 is 2.50 bits per heavy atom. The molecule has 0 atom stereocenters. The first-order chi connectivity index (χ1) is 12.4. The second-order valence-corrected chi connectivity index (χ2v) is 8.07. The number of carbonyl (C=O) groups is 1. The maximum atomic E-state index is 12.8. The van der Waals surface area contributed by atoms with Crippen LogP contribution in [0, 0.1) is 0 Å². The molecule has 0 unspecified atom stereocenters. The van der Waals surface area contributed by atoms with Crippen molar-refractivity contribution in [2.75, 3.05) is 17.8 Å². The van der Waals surface area contributed by atoms with Gasteiger partial charge in [-0.3, -0.25) is 4.79 Å². The molecule has 0 aliphatic heterocycles. The number of anilines is 1. The first kappa shape index (κ1) is 18.1. The summed E-state index contributed by atoms with van der Waals surface area (Å²) in [7, 11) is -3.49. The molecule has 0 bridgehead atoms. The Morgan fingerprint density at radius 2 is 1.85 bits per heavy atom. The summed E-state index contributed by atoms with van der Waals surface area (Å²) in [6.07, 6.45) is 6.01. The minimum absolute atomic E-state index is 0.0421. The third kappa shape index (κ3) is 3.75. The highest BCUT2D eigenvalue weighted by atomic mass is 32.2. The average Bonchev–Trinajstić information content (AvgIpc) is 3.07. The van der Waals surface area contributed by atoms with Crippen molar-refractivity contribution in [1.29, 1.82) is 0 Å². The molecule has 0 aliphatic carbocycles. The van der Waals surface area contributed by atoms with Crippen LogP contribution in [0.5, 0.6) is 0 Å². The maximum absolute atomic E-state index is 12.8. The summed E-state index contributed by atoms with van der Waals surface area (Å²) < 4.78 is 25.2. The van der Waals surface area contributed by atoms with E-state index in [2.05, 4.69) is 20.4 Å². The fraction of sp³-hybridized carbons (Fsp3) is 0.125. The van der Waals surface area contributed by atoms with Crippen molar-refractivity contribution in [2.24, 2.45) is 0 Å². The van der Waals surface area contributed by atoms with Crippen molar-refractivity contribution < 1.29 is 13.2 Å². The van der Waals surface area contributed by atoms with Gasteiger partial charge in [0.2, 0.25) is 0 Å². The van der Waals surface area contributed by atoms with Crippen molar-refractivity contribution in [1.82, 2.24) is 19.7 Å². The lowest BCUT2D eigenvalue weighted by Crippen LogP contribution is -2.19. The molecule has 8 nitrogen and oxygen atoms in total. The van der Waals surface area contributed by atoms with Gasteiger partial charge in [-0.05, 0) is 24.5 Å². The van der Waals surface area contributed by atoms with Gasteiger partial charge in [-0.15, -0.1) is 11.8 Å². The summed E-state index contributed by atoms with van der Waals surface area (Å²) in [5.41, 5.74) is 0.399. The van der Waals surface area contributed by atoms with Crippen LogP contribution in [0.2, 0.25) is 0 Å². The monoisotopic (exact) mass is 389 g/mol. The maximum Gasteiger partial charge on any atom is 0.274 e. The molecule has 3 rings (SSSR count). The third-order valence-corrected chi connectivity index (χ3v) is 5.18. The zero-order valence-corrected chi connectivity index (χ0v) is 15.6. The Bertz CT molecular complexity index is 1050. The van der Waals surface area contributed by atoms with E-state index < -0.39 is 15.7 Å². The quantitative estimate of drug-likeness (QED) is 0.665. The summed E-state index contributed by atoms with van der Waals surface area (Å²) >= 11 is 1.37. The van der Waals surface area contributed by atoms with Crippen LogP contribution in [0.15, 0.2) is 58.7 Å².